The molecule has 4 rings (SSSR count). The molecule has 0 fully saturated rings. The first kappa shape index (κ1) is 28.0. The maximum atomic E-state index is 13.6. The van der Waals surface area contributed by atoms with Gasteiger partial charge >= 0.3 is 5.97 Å². The van der Waals surface area contributed by atoms with Gasteiger partial charge in [0.1, 0.15) is 5.60 Å². The molecule has 1 heterocycles. The molecule has 38 heavy (non-hydrogen) atoms. The molecule has 4 nitrogen and oxygen atoms in total. The third-order valence-corrected chi connectivity index (χ3v) is 8.67. The van der Waals surface area contributed by atoms with Crippen molar-refractivity contribution >= 4 is 29.5 Å². The predicted molar refractivity (Wildman–Crippen MR) is 159 cm³/mol. The molecule has 1 atom stereocenters. The van der Waals surface area contributed by atoms with E-state index in [9.17, 15) is 4.79 Å². The van der Waals surface area contributed by atoms with Crippen LogP contribution < -0.4 is 5.73 Å². The zero-order valence-electron chi connectivity index (χ0n) is 22.3. The molecule has 0 amide bonds. The molecule has 2 N–H and O–H groups in total. The molecule has 196 valence electrons. The van der Waals surface area contributed by atoms with Crippen LogP contribution in [-0.2, 0) is 19.1 Å². The first-order valence-corrected chi connectivity index (χ1v) is 14.5. The summed E-state index contributed by atoms with van der Waals surface area (Å²) in [4.78, 5) is 17.6. The average molecular weight is 543 g/mol. The highest BCUT2D eigenvalue weighted by atomic mass is 32.2. The van der Waals surface area contributed by atoms with E-state index in [1.807, 2.05) is 58.0 Å². The Morgan fingerprint density at radius 3 is 1.68 bits per heavy atom. The fourth-order valence-corrected chi connectivity index (χ4v) is 6.95. The van der Waals surface area contributed by atoms with Gasteiger partial charge in [-0.3, -0.25) is 4.98 Å². The van der Waals surface area contributed by atoms with Crippen molar-refractivity contribution < 1.29 is 9.53 Å². The van der Waals surface area contributed by atoms with Crippen molar-refractivity contribution in [2.75, 3.05) is 5.75 Å². The van der Waals surface area contributed by atoms with Gasteiger partial charge in [0, 0.05) is 11.1 Å². The average Bonchev–Trinajstić information content (AvgIpc) is 2.92. The summed E-state index contributed by atoms with van der Waals surface area (Å²) in [7, 11) is 0. The Balaban J connectivity index is 1.97. The third kappa shape index (κ3) is 5.83. The molecule has 0 bridgehead atoms. The van der Waals surface area contributed by atoms with Crippen molar-refractivity contribution in [3.05, 3.63) is 132 Å². The molecule has 0 aliphatic heterocycles. The van der Waals surface area contributed by atoms with Crippen molar-refractivity contribution in [2.45, 2.75) is 47.8 Å². The SMILES string of the molecule is CCSC(N)(C(=O)OC(C)(C)C)c1ncccc1SC(c1ccccc1)(c1ccccc1)c1ccccc1. The number of carbonyl (C=O) groups excluding carboxylic acids is 1. The number of hydrogen-bond donors (Lipinski definition) is 1. The molecule has 6 heteroatoms. The van der Waals surface area contributed by atoms with Crippen molar-refractivity contribution in [1.82, 2.24) is 4.98 Å². The lowest BCUT2D eigenvalue weighted by Gasteiger charge is -2.37. The van der Waals surface area contributed by atoms with Crippen LogP contribution in [0.3, 0.4) is 0 Å². The van der Waals surface area contributed by atoms with Gasteiger partial charge in [-0.25, -0.2) is 4.79 Å². The summed E-state index contributed by atoms with van der Waals surface area (Å²) in [6, 6.07) is 35.2. The molecule has 0 saturated heterocycles. The van der Waals surface area contributed by atoms with Crippen LogP contribution in [0, 0.1) is 0 Å². The van der Waals surface area contributed by atoms with E-state index in [1.165, 1.54) is 11.8 Å². The zero-order chi connectivity index (χ0) is 27.2. The first-order valence-electron chi connectivity index (χ1n) is 12.7. The van der Waals surface area contributed by atoms with Crippen LogP contribution in [0.5, 0.6) is 0 Å². The van der Waals surface area contributed by atoms with E-state index < -0.39 is 21.2 Å². The zero-order valence-corrected chi connectivity index (χ0v) is 23.9. The number of nitrogens with two attached hydrogens (primary N) is 1. The Hall–Kier alpha value is -3.06. The summed E-state index contributed by atoms with van der Waals surface area (Å²) in [6.45, 7) is 7.53. The third-order valence-electron chi connectivity index (χ3n) is 6.00. The minimum absolute atomic E-state index is 0.498. The van der Waals surface area contributed by atoms with Crippen molar-refractivity contribution in [1.29, 1.82) is 0 Å². The fraction of sp³-hybridized carbons (Fsp3) is 0.250. The normalized spacial score (nSPS) is 13.5. The van der Waals surface area contributed by atoms with Gasteiger partial charge in [0.05, 0.1) is 10.4 Å². The van der Waals surface area contributed by atoms with E-state index in [0.29, 0.717) is 11.4 Å². The lowest BCUT2D eigenvalue weighted by Crippen LogP contribution is -2.47. The smallest absolute Gasteiger partial charge is 0.343 e. The van der Waals surface area contributed by atoms with Crippen LogP contribution in [-0.4, -0.2) is 22.3 Å². The van der Waals surface area contributed by atoms with Crippen molar-refractivity contribution in [3.8, 4) is 0 Å². The molecule has 3 aromatic carbocycles. The van der Waals surface area contributed by atoms with Crippen LogP contribution in [0.4, 0.5) is 0 Å². The molecule has 0 radical (unpaired) electrons. The topological polar surface area (TPSA) is 65.2 Å². The number of nitrogens with zero attached hydrogens (tertiary/aromatic N) is 1. The maximum Gasteiger partial charge on any atom is 0.343 e. The highest BCUT2D eigenvalue weighted by Gasteiger charge is 2.45. The monoisotopic (exact) mass is 542 g/mol. The Morgan fingerprint density at radius 1 is 0.789 bits per heavy atom. The number of hydrogen-bond acceptors (Lipinski definition) is 6. The Morgan fingerprint density at radius 2 is 1.26 bits per heavy atom. The minimum atomic E-state index is -1.47. The van der Waals surface area contributed by atoms with E-state index in [-0.39, 0.29) is 0 Å². The second-order valence-corrected chi connectivity index (χ2v) is 12.7. The van der Waals surface area contributed by atoms with Gasteiger partial charge in [-0.2, -0.15) is 0 Å². The van der Waals surface area contributed by atoms with E-state index in [4.69, 9.17) is 15.5 Å². The molecule has 0 saturated carbocycles. The van der Waals surface area contributed by atoms with Crippen molar-refractivity contribution in [3.63, 3.8) is 0 Å². The second-order valence-electron chi connectivity index (χ2n) is 9.90. The number of ether oxygens (including phenoxy) is 1. The van der Waals surface area contributed by atoms with Crippen LogP contribution in [0.15, 0.2) is 114 Å². The summed E-state index contributed by atoms with van der Waals surface area (Å²) in [5.41, 5.74) is 10.1. The largest absolute Gasteiger partial charge is 0.458 e. The summed E-state index contributed by atoms with van der Waals surface area (Å²) < 4.78 is 5.18. The summed E-state index contributed by atoms with van der Waals surface area (Å²) in [5.74, 6) is 0.125. The molecule has 4 aromatic rings. The Labute approximate surface area is 234 Å². The number of carbonyl (C=O) groups is 1. The number of esters is 1. The number of rotatable bonds is 9. The minimum Gasteiger partial charge on any atom is -0.458 e. The Kier molecular flexibility index (Phi) is 8.66. The standard InChI is InChI=1S/C32H34N2O2S2/c1-5-37-32(33,29(35)36-30(2,3)4)28-27(22-15-23-34-28)38-31(24-16-9-6-10-17-24,25-18-11-7-12-19-25)26-20-13-8-14-21-26/h6-23H,5,33H2,1-4H3. The van der Waals surface area contributed by atoms with Gasteiger partial charge in [-0.05, 0) is 55.3 Å². The fourth-order valence-electron chi connectivity index (χ4n) is 4.42. The van der Waals surface area contributed by atoms with Gasteiger partial charge in [0.25, 0.3) is 0 Å². The predicted octanol–water partition coefficient (Wildman–Crippen LogP) is 7.37. The molecule has 0 aliphatic rings. The summed E-state index contributed by atoms with van der Waals surface area (Å²) in [5, 5.41) is 0. The second kappa shape index (κ2) is 11.8. The van der Waals surface area contributed by atoms with Crippen LogP contribution in [0.25, 0.3) is 0 Å². The van der Waals surface area contributed by atoms with Crippen LogP contribution in [0.2, 0.25) is 0 Å². The number of aromatic nitrogens is 1. The molecular weight excluding hydrogens is 508 g/mol. The molecule has 1 aromatic heterocycles. The number of pyridine rings is 1. The van der Waals surface area contributed by atoms with Gasteiger partial charge in [0.2, 0.25) is 4.87 Å². The number of thioether (sulfide) groups is 2. The van der Waals surface area contributed by atoms with Crippen LogP contribution >= 0.6 is 23.5 Å². The van der Waals surface area contributed by atoms with Gasteiger partial charge < -0.3 is 10.5 Å². The van der Waals surface area contributed by atoms with E-state index in [1.54, 1.807) is 18.0 Å². The molecule has 0 spiro atoms. The molecular formula is C32H34N2O2S2. The van der Waals surface area contributed by atoms with Gasteiger partial charge in [0.15, 0.2) is 0 Å². The molecule has 0 aliphatic carbocycles. The quantitative estimate of drug-likeness (QED) is 0.103. The van der Waals surface area contributed by atoms with E-state index >= 15 is 0 Å². The first-order chi connectivity index (χ1) is 18.2. The highest BCUT2D eigenvalue weighted by Crippen LogP contribution is 2.53. The Bertz CT molecular complexity index is 1250. The van der Waals surface area contributed by atoms with Gasteiger partial charge in [-0.1, -0.05) is 97.9 Å². The molecule has 1 unspecified atom stereocenters. The van der Waals surface area contributed by atoms with E-state index in [2.05, 4.69) is 72.8 Å². The van der Waals surface area contributed by atoms with Gasteiger partial charge in [-0.15, -0.1) is 23.5 Å². The lowest BCUT2D eigenvalue weighted by molar-refractivity contribution is -0.158. The number of benzene rings is 3. The summed E-state index contributed by atoms with van der Waals surface area (Å²) >= 11 is 2.98. The lowest BCUT2D eigenvalue weighted by atomic mass is 9.84. The maximum absolute atomic E-state index is 13.6. The van der Waals surface area contributed by atoms with Crippen molar-refractivity contribution in [2.24, 2.45) is 5.73 Å². The highest BCUT2D eigenvalue weighted by molar-refractivity contribution is 8.01. The van der Waals surface area contributed by atoms with Crippen LogP contribution in [0.1, 0.15) is 50.1 Å². The summed E-state index contributed by atoms with van der Waals surface area (Å²) in [6.07, 6.45) is 1.69. The van der Waals surface area contributed by atoms with E-state index in [0.717, 1.165) is 21.6 Å².